The first kappa shape index (κ1) is 18.9. The molecule has 3 aromatic rings. The minimum absolute atomic E-state index is 0.0837. The Morgan fingerprint density at radius 1 is 1.21 bits per heavy atom. The summed E-state index contributed by atoms with van der Waals surface area (Å²) < 4.78 is 1.76. The number of nitrogens with zero attached hydrogens (tertiary/aromatic N) is 5. The van der Waals surface area contributed by atoms with Gasteiger partial charge in [0.05, 0.1) is 5.39 Å². The van der Waals surface area contributed by atoms with Gasteiger partial charge in [-0.3, -0.25) is 4.79 Å². The molecule has 154 valence electrons. The minimum atomic E-state index is -0.0837. The van der Waals surface area contributed by atoms with Crippen molar-refractivity contribution in [1.82, 2.24) is 29.8 Å². The molecule has 1 atom stereocenters. The number of nitrogens with one attached hydrogen (secondary N) is 1. The Balaban J connectivity index is 1.60. The Labute approximate surface area is 174 Å². The highest BCUT2D eigenvalue weighted by atomic mass is 32.1. The molecule has 1 fully saturated rings. The molecule has 1 saturated heterocycles. The maximum Gasteiger partial charge on any atom is 0.293 e. The van der Waals surface area contributed by atoms with Gasteiger partial charge in [-0.05, 0) is 43.1 Å². The Bertz CT molecular complexity index is 1100. The molecule has 0 aromatic carbocycles. The second-order valence-corrected chi connectivity index (χ2v) is 10.4. The predicted octanol–water partition coefficient (Wildman–Crippen LogP) is 2.84. The zero-order chi connectivity index (χ0) is 20.3. The molecule has 1 unspecified atom stereocenters. The molecule has 0 bridgehead atoms. The maximum atomic E-state index is 12.9. The summed E-state index contributed by atoms with van der Waals surface area (Å²) in [7, 11) is 0. The molecular formula is C21H28N6OS. The van der Waals surface area contributed by atoms with Crippen molar-refractivity contribution in [1.29, 1.82) is 0 Å². The van der Waals surface area contributed by atoms with Gasteiger partial charge in [0.25, 0.3) is 5.91 Å². The lowest BCUT2D eigenvalue weighted by molar-refractivity contribution is 0.0723. The standard InChI is InChI=1S/C21H28N6OS/c1-12-23-19-16(14-6-5-13(21(2,3)4)11-15(14)29-19)18-24-17(25-27(12)18)20(28)26-9-7-22-8-10-26/h13,22H,5-11H2,1-4H3. The molecule has 3 aromatic heterocycles. The van der Waals surface area contributed by atoms with Crippen molar-refractivity contribution in [2.45, 2.75) is 47.0 Å². The molecule has 0 spiro atoms. The molecule has 1 amide bonds. The lowest BCUT2D eigenvalue weighted by Crippen LogP contribution is -2.46. The average molecular weight is 413 g/mol. The predicted molar refractivity (Wildman–Crippen MR) is 115 cm³/mol. The second-order valence-electron chi connectivity index (χ2n) is 9.36. The zero-order valence-corrected chi connectivity index (χ0v) is 18.4. The number of amides is 1. The monoisotopic (exact) mass is 412 g/mol. The summed E-state index contributed by atoms with van der Waals surface area (Å²) in [6, 6.07) is 0. The average Bonchev–Trinajstić information content (AvgIpc) is 3.28. The van der Waals surface area contributed by atoms with Crippen LogP contribution >= 0.6 is 11.3 Å². The minimum Gasteiger partial charge on any atom is -0.333 e. The van der Waals surface area contributed by atoms with Crippen LogP contribution < -0.4 is 5.32 Å². The van der Waals surface area contributed by atoms with Crippen LogP contribution in [0.1, 0.15) is 54.1 Å². The fourth-order valence-corrected chi connectivity index (χ4v) is 5.95. The summed E-state index contributed by atoms with van der Waals surface area (Å²) in [6.07, 6.45) is 3.33. The number of aryl methyl sites for hydroxylation is 2. The van der Waals surface area contributed by atoms with Crippen molar-refractivity contribution >= 4 is 33.1 Å². The number of aromatic nitrogens is 4. The summed E-state index contributed by atoms with van der Waals surface area (Å²) >= 11 is 1.80. The van der Waals surface area contributed by atoms with Crippen LogP contribution in [0.25, 0.3) is 15.9 Å². The SMILES string of the molecule is Cc1nc2sc3c(c2c2nc(C(=O)N4CCNCC4)nn12)CCC(C(C)(C)C)C3. The molecule has 29 heavy (non-hydrogen) atoms. The number of fused-ring (bicyclic) bond motifs is 5. The third kappa shape index (κ3) is 3.13. The van der Waals surface area contributed by atoms with Gasteiger partial charge in [-0.15, -0.1) is 16.4 Å². The number of hydrogen-bond donors (Lipinski definition) is 1. The van der Waals surface area contributed by atoms with Gasteiger partial charge in [-0.1, -0.05) is 20.8 Å². The molecule has 8 heteroatoms. The normalized spacial score (nSPS) is 20.4. The highest BCUT2D eigenvalue weighted by Crippen LogP contribution is 2.43. The van der Waals surface area contributed by atoms with E-state index >= 15 is 0 Å². The Hall–Kier alpha value is -2.06. The number of piperazine rings is 1. The number of thiophene rings is 1. The molecule has 4 heterocycles. The first-order valence-electron chi connectivity index (χ1n) is 10.5. The van der Waals surface area contributed by atoms with Crippen molar-refractivity contribution in [3.63, 3.8) is 0 Å². The largest absolute Gasteiger partial charge is 0.333 e. The summed E-state index contributed by atoms with van der Waals surface area (Å²) in [5.41, 5.74) is 2.47. The van der Waals surface area contributed by atoms with E-state index in [-0.39, 0.29) is 11.7 Å². The van der Waals surface area contributed by atoms with E-state index < -0.39 is 0 Å². The van der Waals surface area contributed by atoms with E-state index in [9.17, 15) is 4.79 Å². The summed E-state index contributed by atoms with van der Waals surface area (Å²) in [4.78, 5) is 26.8. The Kier molecular flexibility index (Phi) is 4.40. The number of rotatable bonds is 1. The van der Waals surface area contributed by atoms with E-state index in [0.29, 0.717) is 24.4 Å². The van der Waals surface area contributed by atoms with Gasteiger partial charge < -0.3 is 10.2 Å². The fourth-order valence-electron chi connectivity index (χ4n) is 4.61. The smallest absolute Gasteiger partial charge is 0.293 e. The van der Waals surface area contributed by atoms with Gasteiger partial charge in [0.15, 0.2) is 5.65 Å². The molecule has 5 rings (SSSR count). The topological polar surface area (TPSA) is 75.4 Å². The highest BCUT2D eigenvalue weighted by molar-refractivity contribution is 7.19. The third-order valence-corrected chi connectivity index (χ3v) is 7.62. The first-order valence-corrected chi connectivity index (χ1v) is 11.3. The molecule has 0 saturated carbocycles. The van der Waals surface area contributed by atoms with Crippen molar-refractivity contribution in [2.75, 3.05) is 26.2 Å². The van der Waals surface area contributed by atoms with E-state index in [1.54, 1.807) is 15.9 Å². The fraction of sp³-hybridized carbons (Fsp3) is 0.619. The van der Waals surface area contributed by atoms with Crippen LogP contribution in [0.5, 0.6) is 0 Å². The molecule has 2 aliphatic rings. The number of carbonyl (C=O) groups is 1. The molecular weight excluding hydrogens is 384 g/mol. The Morgan fingerprint density at radius 2 is 1.97 bits per heavy atom. The van der Waals surface area contributed by atoms with Crippen LogP contribution in [0.3, 0.4) is 0 Å². The number of hydrogen-bond acceptors (Lipinski definition) is 6. The lowest BCUT2D eigenvalue weighted by atomic mass is 9.72. The van der Waals surface area contributed by atoms with Crippen LogP contribution in [0.4, 0.5) is 0 Å². The summed E-state index contributed by atoms with van der Waals surface area (Å²) in [5, 5.41) is 8.94. The van der Waals surface area contributed by atoms with E-state index in [1.165, 1.54) is 16.9 Å². The van der Waals surface area contributed by atoms with Crippen LogP contribution in [0.2, 0.25) is 0 Å². The highest BCUT2D eigenvalue weighted by Gasteiger charge is 2.32. The van der Waals surface area contributed by atoms with Gasteiger partial charge >= 0.3 is 0 Å². The van der Waals surface area contributed by atoms with Gasteiger partial charge in [-0.2, -0.15) is 4.52 Å². The molecule has 1 aliphatic carbocycles. The van der Waals surface area contributed by atoms with E-state index in [2.05, 4.69) is 31.2 Å². The molecule has 1 aliphatic heterocycles. The summed E-state index contributed by atoms with van der Waals surface area (Å²) in [6.45, 7) is 12.0. The van der Waals surface area contributed by atoms with Crippen LogP contribution in [-0.4, -0.2) is 56.6 Å². The molecule has 7 nitrogen and oxygen atoms in total. The van der Waals surface area contributed by atoms with Crippen molar-refractivity contribution < 1.29 is 4.79 Å². The third-order valence-electron chi connectivity index (χ3n) is 6.47. The molecule has 0 radical (unpaired) electrons. The zero-order valence-electron chi connectivity index (χ0n) is 17.6. The first-order chi connectivity index (χ1) is 13.8. The van der Waals surface area contributed by atoms with Crippen LogP contribution in [0.15, 0.2) is 0 Å². The van der Waals surface area contributed by atoms with Crippen molar-refractivity contribution in [3.8, 4) is 0 Å². The van der Waals surface area contributed by atoms with E-state index in [0.717, 1.165) is 47.6 Å². The maximum absolute atomic E-state index is 12.9. The lowest BCUT2D eigenvalue weighted by Gasteiger charge is -2.33. The van der Waals surface area contributed by atoms with Gasteiger partial charge in [0.2, 0.25) is 5.82 Å². The van der Waals surface area contributed by atoms with Crippen molar-refractivity contribution in [2.24, 2.45) is 11.3 Å². The van der Waals surface area contributed by atoms with E-state index in [1.807, 2.05) is 11.8 Å². The van der Waals surface area contributed by atoms with Gasteiger partial charge in [0.1, 0.15) is 10.7 Å². The summed E-state index contributed by atoms with van der Waals surface area (Å²) in [5.74, 6) is 1.67. The van der Waals surface area contributed by atoms with Gasteiger partial charge in [0, 0.05) is 31.1 Å². The van der Waals surface area contributed by atoms with Crippen LogP contribution in [-0.2, 0) is 12.8 Å². The van der Waals surface area contributed by atoms with Gasteiger partial charge in [-0.25, -0.2) is 9.97 Å². The van der Waals surface area contributed by atoms with Crippen LogP contribution in [0, 0.1) is 18.3 Å². The van der Waals surface area contributed by atoms with E-state index in [4.69, 9.17) is 9.97 Å². The second kappa shape index (κ2) is 6.74. The molecule has 1 N–H and O–H groups in total. The number of carbonyl (C=O) groups excluding carboxylic acids is 1. The van der Waals surface area contributed by atoms with Crippen molar-refractivity contribution in [3.05, 3.63) is 22.1 Å². The Morgan fingerprint density at radius 3 is 2.69 bits per heavy atom. The quantitative estimate of drug-likeness (QED) is 0.665.